The normalized spacial score (nSPS) is 18.0. The van der Waals surface area contributed by atoms with Crippen LogP contribution in [0.1, 0.15) is 23.4 Å². The van der Waals surface area contributed by atoms with Gasteiger partial charge in [-0.25, -0.2) is 0 Å². The molecule has 1 aromatic carbocycles. The third-order valence-corrected chi connectivity index (χ3v) is 5.69. The second kappa shape index (κ2) is 8.88. The molecule has 0 radical (unpaired) electrons. The molecule has 2 aromatic rings. The van der Waals surface area contributed by atoms with Crippen LogP contribution in [-0.2, 0) is 9.53 Å². The SMILES string of the molecule is O=C(Nc1cc(Cl)ccc1N1CCOCC1)C1CCN(C(=O)c2ccco2)CC1. The maximum Gasteiger partial charge on any atom is 0.289 e. The molecule has 0 atom stereocenters. The number of likely N-dealkylation sites (tertiary alicyclic amines) is 1. The summed E-state index contributed by atoms with van der Waals surface area (Å²) in [6, 6.07) is 8.92. The average molecular weight is 418 g/mol. The second-order valence-corrected chi connectivity index (χ2v) is 7.73. The van der Waals surface area contributed by atoms with Crippen LogP contribution in [0.5, 0.6) is 0 Å². The van der Waals surface area contributed by atoms with Gasteiger partial charge < -0.3 is 24.3 Å². The van der Waals surface area contributed by atoms with E-state index < -0.39 is 0 Å². The first-order valence-electron chi connectivity index (χ1n) is 9.88. The molecule has 2 aliphatic rings. The van der Waals surface area contributed by atoms with Gasteiger partial charge in [0.05, 0.1) is 30.9 Å². The van der Waals surface area contributed by atoms with Crippen molar-refractivity contribution in [2.75, 3.05) is 49.6 Å². The highest BCUT2D eigenvalue weighted by Gasteiger charge is 2.29. The molecule has 2 saturated heterocycles. The lowest BCUT2D eigenvalue weighted by Gasteiger charge is -2.32. The van der Waals surface area contributed by atoms with Crippen LogP contribution < -0.4 is 10.2 Å². The van der Waals surface area contributed by atoms with Crippen molar-refractivity contribution < 1.29 is 18.7 Å². The number of anilines is 2. The number of rotatable bonds is 4. The predicted octanol–water partition coefficient (Wildman–Crippen LogP) is 3.26. The van der Waals surface area contributed by atoms with E-state index >= 15 is 0 Å². The molecule has 2 fully saturated rings. The molecule has 2 aliphatic heterocycles. The van der Waals surface area contributed by atoms with Crippen LogP contribution in [-0.4, -0.2) is 56.1 Å². The highest BCUT2D eigenvalue weighted by Crippen LogP contribution is 2.31. The zero-order chi connectivity index (χ0) is 20.2. The van der Waals surface area contributed by atoms with Crippen LogP contribution in [0.2, 0.25) is 5.02 Å². The van der Waals surface area contributed by atoms with Crippen molar-refractivity contribution in [3.8, 4) is 0 Å². The fourth-order valence-electron chi connectivity index (χ4n) is 3.82. The molecule has 29 heavy (non-hydrogen) atoms. The molecule has 7 nitrogen and oxygen atoms in total. The van der Waals surface area contributed by atoms with Crippen molar-refractivity contribution in [1.29, 1.82) is 0 Å². The van der Waals surface area contributed by atoms with Crippen molar-refractivity contribution >= 4 is 34.8 Å². The monoisotopic (exact) mass is 417 g/mol. The fraction of sp³-hybridized carbons (Fsp3) is 0.429. The largest absolute Gasteiger partial charge is 0.459 e. The number of halogens is 1. The Hall–Kier alpha value is -2.51. The van der Waals surface area contributed by atoms with Gasteiger partial charge in [-0.05, 0) is 43.2 Å². The number of piperidine rings is 1. The predicted molar refractivity (Wildman–Crippen MR) is 110 cm³/mol. The van der Waals surface area contributed by atoms with Crippen LogP contribution in [0.15, 0.2) is 41.0 Å². The maximum absolute atomic E-state index is 12.9. The Morgan fingerprint density at radius 1 is 1.07 bits per heavy atom. The molecule has 0 saturated carbocycles. The van der Waals surface area contributed by atoms with Gasteiger partial charge in [0.2, 0.25) is 5.91 Å². The fourth-order valence-corrected chi connectivity index (χ4v) is 4.00. The third kappa shape index (κ3) is 4.57. The number of nitrogens with zero attached hydrogens (tertiary/aromatic N) is 2. The van der Waals surface area contributed by atoms with Gasteiger partial charge in [-0.3, -0.25) is 9.59 Å². The van der Waals surface area contributed by atoms with E-state index in [-0.39, 0.29) is 17.7 Å². The van der Waals surface area contributed by atoms with E-state index in [0.29, 0.717) is 49.9 Å². The highest BCUT2D eigenvalue weighted by atomic mass is 35.5. The standard InChI is InChI=1S/C21H24ClN3O4/c22-16-3-4-18(24-9-12-28-13-10-24)17(14-16)23-20(26)15-5-7-25(8-6-15)21(27)19-2-1-11-29-19/h1-4,11,14-15H,5-10,12-13H2,(H,23,26). The van der Waals surface area contributed by atoms with E-state index in [1.165, 1.54) is 6.26 Å². The second-order valence-electron chi connectivity index (χ2n) is 7.29. The van der Waals surface area contributed by atoms with Gasteiger partial charge in [-0.1, -0.05) is 11.6 Å². The van der Waals surface area contributed by atoms with E-state index in [0.717, 1.165) is 24.5 Å². The minimum absolute atomic E-state index is 0.0353. The number of morpholine rings is 1. The van der Waals surface area contributed by atoms with Crippen LogP contribution in [0.25, 0.3) is 0 Å². The number of benzene rings is 1. The van der Waals surface area contributed by atoms with E-state index in [4.69, 9.17) is 20.8 Å². The molecule has 0 bridgehead atoms. The third-order valence-electron chi connectivity index (χ3n) is 5.45. The summed E-state index contributed by atoms with van der Waals surface area (Å²) >= 11 is 6.18. The lowest BCUT2D eigenvalue weighted by molar-refractivity contribution is -0.121. The zero-order valence-electron chi connectivity index (χ0n) is 16.1. The summed E-state index contributed by atoms with van der Waals surface area (Å²) in [5.74, 6) is 0.0272. The summed E-state index contributed by atoms with van der Waals surface area (Å²) in [7, 11) is 0. The van der Waals surface area contributed by atoms with Gasteiger partial charge in [-0.15, -0.1) is 0 Å². The molecule has 8 heteroatoms. The lowest BCUT2D eigenvalue weighted by atomic mass is 9.95. The van der Waals surface area contributed by atoms with Crippen molar-refractivity contribution in [1.82, 2.24) is 4.90 Å². The molecule has 3 heterocycles. The van der Waals surface area contributed by atoms with E-state index in [1.807, 2.05) is 12.1 Å². The molecule has 0 aliphatic carbocycles. The molecule has 2 amide bonds. The van der Waals surface area contributed by atoms with Gasteiger partial charge in [0.1, 0.15) is 0 Å². The van der Waals surface area contributed by atoms with Crippen LogP contribution >= 0.6 is 11.6 Å². The Bertz CT molecular complexity index is 857. The summed E-state index contributed by atoms with van der Waals surface area (Å²) in [5, 5.41) is 3.64. The van der Waals surface area contributed by atoms with Crippen molar-refractivity contribution in [3.05, 3.63) is 47.4 Å². The van der Waals surface area contributed by atoms with E-state index in [9.17, 15) is 9.59 Å². The number of carbonyl (C=O) groups excluding carboxylic acids is 2. The first-order valence-corrected chi connectivity index (χ1v) is 10.3. The molecule has 1 N–H and O–H groups in total. The number of amides is 2. The lowest BCUT2D eigenvalue weighted by Crippen LogP contribution is -2.41. The Morgan fingerprint density at radius 3 is 2.52 bits per heavy atom. The first-order chi connectivity index (χ1) is 14.1. The van der Waals surface area contributed by atoms with E-state index in [1.54, 1.807) is 23.1 Å². The first kappa shape index (κ1) is 19.8. The average Bonchev–Trinajstić information content (AvgIpc) is 3.29. The van der Waals surface area contributed by atoms with Gasteiger partial charge in [0, 0.05) is 37.1 Å². The molecule has 154 valence electrons. The summed E-state index contributed by atoms with van der Waals surface area (Å²) in [4.78, 5) is 29.2. The summed E-state index contributed by atoms with van der Waals surface area (Å²) in [6.07, 6.45) is 2.72. The van der Waals surface area contributed by atoms with Crippen LogP contribution in [0.4, 0.5) is 11.4 Å². The molecular formula is C21H24ClN3O4. The number of hydrogen-bond acceptors (Lipinski definition) is 5. The Balaban J connectivity index is 1.39. The van der Waals surface area contributed by atoms with Gasteiger partial charge >= 0.3 is 0 Å². The van der Waals surface area contributed by atoms with Crippen LogP contribution in [0.3, 0.4) is 0 Å². The summed E-state index contributed by atoms with van der Waals surface area (Å²) in [6.45, 7) is 3.94. The van der Waals surface area contributed by atoms with Gasteiger partial charge in [-0.2, -0.15) is 0 Å². The van der Waals surface area contributed by atoms with E-state index in [2.05, 4.69) is 10.2 Å². The molecule has 1 aromatic heterocycles. The van der Waals surface area contributed by atoms with Crippen LogP contribution in [0, 0.1) is 5.92 Å². The molecule has 0 unspecified atom stereocenters. The highest BCUT2D eigenvalue weighted by molar-refractivity contribution is 6.31. The Morgan fingerprint density at radius 2 is 1.83 bits per heavy atom. The zero-order valence-corrected chi connectivity index (χ0v) is 16.9. The quantitative estimate of drug-likeness (QED) is 0.826. The summed E-state index contributed by atoms with van der Waals surface area (Å²) < 4.78 is 10.6. The number of furan rings is 1. The van der Waals surface area contributed by atoms with Crippen molar-refractivity contribution in [2.45, 2.75) is 12.8 Å². The molecule has 0 spiro atoms. The Kier molecular flexibility index (Phi) is 6.06. The minimum atomic E-state index is -0.146. The van der Waals surface area contributed by atoms with Crippen molar-refractivity contribution in [3.63, 3.8) is 0 Å². The maximum atomic E-state index is 12.9. The number of ether oxygens (including phenoxy) is 1. The number of hydrogen-bond donors (Lipinski definition) is 1. The summed E-state index contributed by atoms with van der Waals surface area (Å²) in [5.41, 5.74) is 1.68. The molecule has 4 rings (SSSR count). The number of nitrogens with one attached hydrogen (secondary N) is 1. The van der Waals surface area contributed by atoms with Gasteiger partial charge in [0.25, 0.3) is 5.91 Å². The van der Waals surface area contributed by atoms with Gasteiger partial charge in [0.15, 0.2) is 5.76 Å². The molecular weight excluding hydrogens is 394 g/mol. The Labute approximate surface area is 174 Å². The minimum Gasteiger partial charge on any atom is -0.459 e. The topological polar surface area (TPSA) is 75.0 Å². The smallest absolute Gasteiger partial charge is 0.289 e. The van der Waals surface area contributed by atoms with Crippen molar-refractivity contribution in [2.24, 2.45) is 5.92 Å². The number of carbonyl (C=O) groups is 2.